The maximum absolute atomic E-state index is 6.24. The summed E-state index contributed by atoms with van der Waals surface area (Å²) in [6, 6.07) is 2.44. The zero-order valence-corrected chi connectivity index (χ0v) is 17.9. The highest BCUT2D eigenvalue weighted by Gasteiger charge is 2.40. The molecule has 0 aromatic carbocycles. The van der Waals surface area contributed by atoms with Crippen molar-refractivity contribution in [3.05, 3.63) is 30.4 Å². The Balaban J connectivity index is 1.76. The SMILES string of the molecule is CSC(C)(C)c1nc(-c2cncc3[nH]ccc23)nc2c1OC[C@@H]1COC[C@@H](C)N21. The molecular formula is C21H25N5O2S. The van der Waals surface area contributed by atoms with E-state index in [0.717, 1.165) is 33.7 Å². The molecule has 5 rings (SSSR count). The van der Waals surface area contributed by atoms with Gasteiger partial charge in [-0.15, -0.1) is 0 Å². The van der Waals surface area contributed by atoms with Gasteiger partial charge in [-0.25, -0.2) is 9.97 Å². The zero-order chi connectivity index (χ0) is 20.2. The van der Waals surface area contributed by atoms with Crippen LogP contribution in [0, 0.1) is 0 Å². The lowest BCUT2D eigenvalue weighted by atomic mass is 10.0. The van der Waals surface area contributed by atoms with Crippen LogP contribution in [0.1, 0.15) is 26.5 Å². The van der Waals surface area contributed by atoms with Crippen LogP contribution in [-0.2, 0) is 9.48 Å². The summed E-state index contributed by atoms with van der Waals surface area (Å²) in [5.74, 6) is 2.35. The minimum absolute atomic E-state index is 0.167. The van der Waals surface area contributed by atoms with Crippen molar-refractivity contribution in [2.45, 2.75) is 37.6 Å². The number of nitrogens with zero attached hydrogens (tertiary/aromatic N) is 4. The van der Waals surface area contributed by atoms with E-state index in [1.54, 1.807) is 11.8 Å². The molecule has 1 fully saturated rings. The summed E-state index contributed by atoms with van der Waals surface area (Å²) in [4.78, 5) is 20.0. The van der Waals surface area contributed by atoms with Gasteiger partial charge in [0.25, 0.3) is 0 Å². The summed E-state index contributed by atoms with van der Waals surface area (Å²) in [7, 11) is 0. The molecular weight excluding hydrogens is 386 g/mol. The monoisotopic (exact) mass is 411 g/mol. The number of hydrogen-bond acceptors (Lipinski definition) is 7. The van der Waals surface area contributed by atoms with E-state index in [0.29, 0.717) is 25.6 Å². The molecule has 1 saturated heterocycles. The minimum Gasteiger partial charge on any atom is -0.486 e. The van der Waals surface area contributed by atoms with E-state index < -0.39 is 0 Å². The number of anilines is 1. The van der Waals surface area contributed by atoms with Crippen LogP contribution in [0.2, 0.25) is 0 Å². The minimum atomic E-state index is -0.219. The van der Waals surface area contributed by atoms with Crippen molar-refractivity contribution in [2.75, 3.05) is 31.0 Å². The molecule has 8 heteroatoms. The molecule has 0 bridgehead atoms. The second kappa shape index (κ2) is 6.88. The van der Waals surface area contributed by atoms with Crippen LogP contribution < -0.4 is 9.64 Å². The molecule has 2 aliphatic rings. The second-order valence-electron chi connectivity index (χ2n) is 8.15. The van der Waals surface area contributed by atoms with Crippen molar-refractivity contribution in [2.24, 2.45) is 0 Å². The predicted octanol–water partition coefficient (Wildman–Crippen LogP) is 3.60. The number of thioether (sulfide) groups is 1. The fourth-order valence-electron chi connectivity index (χ4n) is 4.11. The topological polar surface area (TPSA) is 76.2 Å². The standard InChI is InChI=1S/C21H25N5O2S/c1-12-9-27-10-13-11-28-17-18(21(2,3)29-4)24-19(25-20(17)26(12)13)15-7-22-8-16-14(15)5-6-23-16/h5-8,12-13,23H,9-11H2,1-4H3/t12-,13+/m1/s1. The Kier molecular flexibility index (Phi) is 4.43. The molecule has 2 aliphatic heterocycles. The largest absolute Gasteiger partial charge is 0.486 e. The summed E-state index contributed by atoms with van der Waals surface area (Å²) in [5.41, 5.74) is 2.82. The third-order valence-electron chi connectivity index (χ3n) is 5.85. The first-order valence-corrected chi connectivity index (χ1v) is 11.1. The number of fused-ring (bicyclic) bond motifs is 4. The Bertz CT molecular complexity index is 1070. The van der Waals surface area contributed by atoms with Gasteiger partial charge >= 0.3 is 0 Å². The summed E-state index contributed by atoms with van der Waals surface area (Å²) < 4.78 is 11.8. The van der Waals surface area contributed by atoms with Crippen LogP contribution in [-0.4, -0.2) is 58.1 Å². The molecule has 29 heavy (non-hydrogen) atoms. The Labute approximate surface area is 174 Å². The maximum Gasteiger partial charge on any atom is 0.184 e. The molecule has 0 radical (unpaired) electrons. The Morgan fingerprint density at radius 3 is 2.90 bits per heavy atom. The zero-order valence-electron chi connectivity index (χ0n) is 17.1. The van der Waals surface area contributed by atoms with Gasteiger partial charge < -0.3 is 19.4 Å². The summed E-state index contributed by atoms with van der Waals surface area (Å²) in [5, 5.41) is 1.07. The highest BCUT2D eigenvalue weighted by Crippen LogP contribution is 2.46. The molecule has 2 atom stereocenters. The fourth-order valence-corrected chi connectivity index (χ4v) is 4.45. The van der Waals surface area contributed by atoms with E-state index in [1.807, 2.05) is 24.7 Å². The molecule has 5 heterocycles. The predicted molar refractivity (Wildman–Crippen MR) is 116 cm³/mol. The molecule has 3 aromatic heterocycles. The van der Waals surface area contributed by atoms with Gasteiger partial charge in [0.05, 0.1) is 41.8 Å². The molecule has 7 nitrogen and oxygen atoms in total. The molecule has 1 N–H and O–H groups in total. The molecule has 152 valence electrons. The molecule has 0 spiro atoms. The van der Waals surface area contributed by atoms with Crippen LogP contribution in [0.3, 0.4) is 0 Å². The first-order chi connectivity index (χ1) is 14.0. The van der Waals surface area contributed by atoms with Crippen LogP contribution in [0.25, 0.3) is 22.3 Å². The average Bonchev–Trinajstić information content (AvgIpc) is 3.21. The first kappa shape index (κ1) is 18.7. The lowest BCUT2D eigenvalue weighted by molar-refractivity contribution is 0.0482. The molecule has 0 unspecified atom stereocenters. The smallest absolute Gasteiger partial charge is 0.184 e. The quantitative estimate of drug-likeness (QED) is 0.706. The number of aromatic nitrogens is 4. The number of morpholine rings is 1. The van der Waals surface area contributed by atoms with Gasteiger partial charge in [-0.3, -0.25) is 4.98 Å². The third-order valence-corrected chi connectivity index (χ3v) is 7.06. The number of nitrogens with one attached hydrogen (secondary N) is 1. The van der Waals surface area contributed by atoms with Crippen molar-refractivity contribution < 1.29 is 9.47 Å². The number of pyridine rings is 1. The van der Waals surface area contributed by atoms with Crippen molar-refractivity contribution in [3.63, 3.8) is 0 Å². The molecule has 0 aliphatic carbocycles. The first-order valence-electron chi connectivity index (χ1n) is 9.87. The van der Waals surface area contributed by atoms with Gasteiger partial charge in [-0.05, 0) is 33.1 Å². The molecule has 3 aromatic rings. The van der Waals surface area contributed by atoms with Crippen LogP contribution in [0.15, 0.2) is 24.7 Å². The Hall–Kier alpha value is -2.32. The van der Waals surface area contributed by atoms with E-state index in [4.69, 9.17) is 19.4 Å². The number of hydrogen-bond donors (Lipinski definition) is 1. The molecule has 0 amide bonds. The summed E-state index contributed by atoms with van der Waals surface area (Å²) in [6.45, 7) is 8.46. The average molecular weight is 412 g/mol. The Morgan fingerprint density at radius 2 is 2.07 bits per heavy atom. The van der Waals surface area contributed by atoms with Crippen molar-refractivity contribution in [3.8, 4) is 17.1 Å². The summed E-state index contributed by atoms with van der Waals surface area (Å²) >= 11 is 1.76. The number of H-pyrrole nitrogens is 1. The van der Waals surface area contributed by atoms with E-state index >= 15 is 0 Å². The second-order valence-corrected chi connectivity index (χ2v) is 9.58. The number of ether oxygens (including phenoxy) is 2. The van der Waals surface area contributed by atoms with Gasteiger partial charge in [0.15, 0.2) is 17.4 Å². The van der Waals surface area contributed by atoms with Gasteiger partial charge in [0, 0.05) is 23.3 Å². The molecule has 0 saturated carbocycles. The number of rotatable bonds is 3. The van der Waals surface area contributed by atoms with E-state index in [9.17, 15) is 0 Å². The lowest BCUT2D eigenvalue weighted by Gasteiger charge is -2.45. The van der Waals surface area contributed by atoms with Gasteiger partial charge in [0.1, 0.15) is 12.3 Å². The number of aromatic amines is 1. The fraction of sp³-hybridized carbons (Fsp3) is 0.476. The maximum atomic E-state index is 6.24. The highest BCUT2D eigenvalue weighted by atomic mass is 32.2. The van der Waals surface area contributed by atoms with Crippen LogP contribution in [0.5, 0.6) is 5.75 Å². The van der Waals surface area contributed by atoms with Crippen LogP contribution >= 0.6 is 11.8 Å². The normalized spacial score (nSPS) is 21.6. The highest BCUT2D eigenvalue weighted by molar-refractivity contribution is 7.99. The van der Waals surface area contributed by atoms with Crippen molar-refractivity contribution in [1.29, 1.82) is 0 Å². The third kappa shape index (κ3) is 2.97. The van der Waals surface area contributed by atoms with Gasteiger partial charge in [-0.1, -0.05) is 0 Å². The Morgan fingerprint density at radius 1 is 1.21 bits per heavy atom. The summed E-state index contributed by atoms with van der Waals surface area (Å²) in [6.07, 6.45) is 7.70. The van der Waals surface area contributed by atoms with Gasteiger partial charge in [-0.2, -0.15) is 11.8 Å². The van der Waals surface area contributed by atoms with E-state index in [1.165, 1.54) is 0 Å². The van der Waals surface area contributed by atoms with E-state index in [-0.39, 0.29) is 16.8 Å². The van der Waals surface area contributed by atoms with Crippen molar-refractivity contribution >= 4 is 28.5 Å². The van der Waals surface area contributed by atoms with Crippen molar-refractivity contribution in [1.82, 2.24) is 19.9 Å². The van der Waals surface area contributed by atoms with Crippen LogP contribution in [0.4, 0.5) is 5.82 Å². The van der Waals surface area contributed by atoms with Gasteiger partial charge in [0.2, 0.25) is 0 Å². The van der Waals surface area contributed by atoms with E-state index in [2.05, 4.69) is 41.9 Å². The lowest BCUT2D eigenvalue weighted by Crippen LogP contribution is -2.56.